The molecule has 2 rings (SSSR count). The molecular weight excluding hydrogens is 250 g/mol. The maximum Gasteiger partial charge on any atom is 0.0663 e. The third-order valence-corrected chi connectivity index (χ3v) is 4.42. The van der Waals surface area contributed by atoms with Crippen molar-refractivity contribution in [3.63, 3.8) is 0 Å². The zero-order valence-electron chi connectivity index (χ0n) is 10.3. The van der Waals surface area contributed by atoms with E-state index in [-0.39, 0.29) is 6.04 Å². The summed E-state index contributed by atoms with van der Waals surface area (Å²) in [6.07, 6.45) is 0. The fraction of sp³-hybridized carbons (Fsp3) is 0.286. The highest BCUT2D eigenvalue weighted by Gasteiger charge is 2.16. The number of thiophene rings is 1. The maximum absolute atomic E-state index is 6.31. The first-order valence-electron chi connectivity index (χ1n) is 5.57. The van der Waals surface area contributed by atoms with E-state index in [1.165, 1.54) is 15.3 Å². The lowest BCUT2D eigenvalue weighted by Gasteiger charge is -2.14. The Bertz CT molecular complexity index is 545. The van der Waals surface area contributed by atoms with Gasteiger partial charge in [0.1, 0.15) is 0 Å². The highest BCUT2D eigenvalue weighted by atomic mass is 35.5. The first-order chi connectivity index (χ1) is 7.99. The standard InChI is InChI=1S/C14H16ClNS/c1-8-4-5-11(12(15)6-8)13(16)14-9(2)7-10(3)17-14/h4-7,13H,16H2,1-3H3. The molecule has 1 aromatic heterocycles. The molecule has 0 amide bonds. The van der Waals surface area contributed by atoms with E-state index in [0.29, 0.717) is 0 Å². The maximum atomic E-state index is 6.31. The van der Waals surface area contributed by atoms with Crippen molar-refractivity contribution in [2.45, 2.75) is 26.8 Å². The Morgan fingerprint density at radius 2 is 1.88 bits per heavy atom. The quantitative estimate of drug-likeness (QED) is 0.857. The van der Waals surface area contributed by atoms with E-state index in [1.54, 1.807) is 11.3 Å². The van der Waals surface area contributed by atoms with Crippen LogP contribution in [0.4, 0.5) is 0 Å². The van der Waals surface area contributed by atoms with Gasteiger partial charge in [-0.3, -0.25) is 0 Å². The first-order valence-corrected chi connectivity index (χ1v) is 6.77. The van der Waals surface area contributed by atoms with E-state index >= 15 is 0 Å². The van der Waals surface area contributed by atoms with Gasteiger partial charge >= 0.3 is 0 Å². The van der Waals surface area contributed by atoms with Crippen LogP contribution in [0.15, 0.2) is 24.3 Å². The molecule has 2 aromatic rings. The minimum Gasteiger partial charge on any atom is -0.320 e. The highest BCUT2D eigenvalue weighted by Crippen LogP contribution is 2.33. The third-order valence-electron chi connectivity index (χ3n) is 2.85. The lowest BCUT2D eigenvalue weighted by molar-refractivity contribution is 0.885. The van der Waals surface area contributed by atoms with Crippen molar-refractivity contribution >= 4 is 22.9 Å². The van der Waals surface area contributed by atoms with E-state index in [9.17, 15) is 0 Å². The fourth-order valence-electron chi connectivity index (χ4n) is 1.99. The predicted molar refractivity (Wildman–Crippen MR) is 76.0 cm³/mol. The average molecular weight is 266 g/mol. The van der Waals surface area contributed by atoms with Crippen LogP contribution in [0.3, 0.4) is 0 Å². The molecule has 2 N–H and O–H groups in total. The van der Waals surface area contributed by atoms with Crippen LogP contribution in [0.25, 0.3) is 0 Å². The van der Waals surface area contributed by atoms with Crippen LogP contribution < -0.4 is 5.73 Å². The summed E-state index contributed by atoms with van der Waals surface area (Å²) in [5, 5.41) is 0.753. The van der Waals surface area contributed by atoms with Crippen LogP contribution in [0.1, 0.15) is 32.5 Å². The van der Waals surface area contributed by atoms with Gasteiger partial charge in [0, 0.05) is 14.8 Å². The molecule has 0 saturated carbocycles. The second-order valence-electron chi connectivity index (χ2n) is 4.41. The highest BCUT2D eigenvalue weighted by molar-refractivity contribution is 7.12. The Balaban J connectivity index is 2.43. The summed E-state index contributed by atoms with van der Waals surface area (Å²) in [4.78, 5) is 2.49. The molecule has 1 nitrogen and oxygen atoms in total. The summed E-state index contributed by atoms with van der Waals surface area (Å²) < 4.78 is 0. The van der Waals surface area contributed by atoms with Gasteiger partial charge in [-0.1, -0.05) is 23.7 Å². The van der Waals surface area contributed by atoms with Crippen molar-refractivity contribution in [1.82, 2.24) is 0 Å². The van der Waals surface area contributed by atoms with Gasteiger partial charge in [0.15, 0.2) is 0 Å². The molecule has 1 heterocycles. The Labute approximate surface area is 111 Å². The zero-order chi connectivity index (χ0) is 12.6. The van der Waals surface area contributed by atoms with E-state index in [2.05, 4.69) is 26.0 Å². The molecular formula is C14H16ClNS. The molecule has 90 valence electrons. The second kappa shape index (κ2) is 4.81. The number of halogens is 1. The van der Waals surface area contributed by atoms with Crippen molar-refractivity contribution in [2.24, 2.45) is 5.73 Å². The van der Waals surface area contributed by atoms with Gasteiger partial charge in [-0.15, -0.1) is 11.3 Å². The number of benzene rings is 1. The summed E-state index contributed by atoms with van der Waals surface area (Å²) in [6, 6.07) is 8.09. The molecule has 17 heavy (non-hydrogen) atoms. The molecule has 1 unspecified atom stereocenters. The van der Waals surface area contributed by atoms with Crippen molar-refractivity contribution in [3.05, 3.63) is 55.7 Å². The molecule has 3 heteroatoms. The summed E-state index contributed by atoms with van der Waals surface area (Å²) >= 11 is 8.00. The minimum absolute atomic E-state index is 0.123. The van der Waals surface area contributed by atoms with Gasteiger partial charge in [0.25, 0.3) is 0 Å². The van der Waals surface area contributed by atoms with Crippen LogP contribution in [-0.4, -0.2) is 0 Å². The van der Waals surface area contributed by atoms with Gasteiger partial charge in [-0.2, -0.15) is 0 Å². The van der Waals surface area contributed by atoms with Crippen LogP contribution in [0.5, 0.6) is 0 Å². The van der Waals surface area contributed by atoms with Crippen LogP contribution >= 0.6 is 22.9 Å². The van der Waals surface area contributed by atoms with Gasteiger partial charge in [0.05, 0.1) is 6.04 Å². The Hall–Kier alpha value is -0.830. The van der Waals surface area contributed by atoms with E-state index < -0.39 is 0 Å². The molecule has 1 aromatic carbocycles. The zero-order valence-corrected chi connectivity index (χ0v) is 11.8. The van der Waals surface area contributed by atoms with Crippen molar-refractivity contribution < 1.29 is 0 Å². The number of nitrogens with two attached hydrogens (primary N) is 1. The predicted octanol–water partition coefficient (Wildman–Crippen LogP) is 4.37. The van der Waals surface area contributed by atoms with Gasteiger partial charge in [0.2, 0.25) is 0 Å². The summed E-state index contributed by atoms with van der Waals surface area (Å²) in [5.41, 5.74) is 9.71. The normalized spacial score (nSPS) is 12.8. The molecule has 0 aliphatic rings. The average Bonchev–Trinajstić information content (AvgIpc) is 2.57. The minimum atomic E-state index is -0.123. The number of aryl methyl sites for hydroxylation is 3. The van der Waals surface area contributed by atoms with Gasteiger partial charge < -0.3 is 5.73 Å². The molecule has 0 aliphatic heterocycles. The lowest BCUT2D eigenvalue weighted by Crippen LogP contribution is -2.11. The fourth-order valence-corrected chi connectivity index (χ4v) is 3.40. The van der Waals surface area contributed by atoms with Crippen molar-refractivity contribution in [1.29, 1.82) is 0 Å². The number of rotatable bonds is 2. The second-order valence-corrected chi connectivity index (χ2v) is 6.10. The summed E-state index contributed by atoms with van der Waals surface area (Å²) in [7, 11) is 0. The monoisotopic (exact) mass is 265 g/mol. The molecule has 0 radical (unpaired) electrons. The first kappa shape index (κ1) is 12.6. The molecule has 0 fully saturated rings. The van der Waals surface area contributed by atoms with Gasteiger partial charge in [-0.05, 0) is 49.6 Å². The molecule has 1 atom stereocenters. The smallest absolute Gasteiger partial charge is 0.0663 e. The summed E-state index contributed by atoms with van der Waals surface area (Å²) in [5.74, 6) is 0. The number of hydrogen-bond acceptors (Lipinski definition) is 2. The number of hydrogen-bond donors (Lipinski definition) is 1. The van der Waals surface area contributed by atoms with E-state index in [4.69, 9.17) is 17.3 Å². The molecule has 0 spiro atoms. The van der Waals surface area contributed by atoms with Crippen LogP contribution in [0.2, 0.25) is 5.02 Å². The Kier molecular flexibility index (Phi) is 3.57. The van der Waals surface area contributed by atoms with Crippen LogP contribution in [-0.2, 0) is 0 Å². The van der Waals surface area contributed by atoms with E-state index in [0.717, 1.165) is 16.1 Å². The Morgan fingerprint density at radius 3 is 2.41 bits per heavy atom. The summed E-state index contributed by atoms with van der Waals surface area (Å²) in [6.45, 7) is 6.23. The molecule has 0 saturated heterocycles. The Morgan fingerprint density at radius 1 is 1.18 bits per heavy atom. The van der Waals surface area contributed by atoms with E-state index in [1.807, 2.05) is 19.1 Å². The lowest BCUT2D eigenvalue weighted by atomic mass is 10.0. The molecule has 0 bridgehead atoms. The molecule has 0 aliphatic carbocycles. The van der Waals surface area contributed by atoms with Crippen molar-refractivity contribution in [2.75, 3.05) is 0 Å². The van der Waals surface area contributed by atoms with Gasteiger partial charge in [-0.25, -0.2) is 0 Å². The van der Waals surface area contributed by atoms with Crippen molar-refractivity contribution in [3.8, 4) is 0 Å². The SMILES string of the molecule is Cc1ccc(C(N)c2sc(C)cc2C)c(Cl)c1. The topological polar surface area (TPSA) is 26.0 Å². The largest absolute Gasteiger partial charge is 0.320 e. The van der Waals surface area contributed by atoms with Crippen LogP contribution in [0, 0.1) is 20.8 Å². The third kappa shape index (κ3) is 2.54.